The van der Waals surface area contributed by atoms with E-state index >= 15 is 0 Å². The highest BCUT2D eigenvalue weighted by Crippen LogP contribution is 2.37. The van der Waals surface area contributed by atoms with E-state index in [1.807, 2.05) is 69.3 Å². The minimum absolute atomic E-state index is 0.114. The topological polar surface area (TPSA) is 59.1 Å². The molecule has 2 heterocycles. The van der Waals surface area contributed by atoms with Gasteiger partial charge in [-0.05, 0) is 70.5 Å². The molecule has 37 heavy (non-hydrogen) atoms. The Morgan fingerprint density at radius 3 is 2.30 bits per heavy atom. The minimum atomic E-state index is -0.503. The lowest BCUT2D eigenvalue weighted by Gasteiger charge is -2.33. The van der Waals surface area contributed by atoms with Gasteiger partial charge in [-0.25, -0.2) is 4.79 Å². The van der Waals surface area contributed by atoms with Gasteiger partial charge in [-0.15, -0.1) is 0 Å². The quantitative estimate of drug-likeness (QED) is 0.335. The molecular formula is C31H40N2O4. The predicted octanol–water partition coefficient (Wildman–Crippen LogP) is 6.14. The molecule has 2 aromatic carbocycles. The number of likely N-dealkylation sites (tertiary alicyclic amines) is 1. The van der Waals surface area contributed by atoms with E-state index in [-0.39, 0.29) is 36.7 Å². The number of nitrogens with zero attached hydrogens (tertiary/aromatic N) is 2. The molecule has 0 radical (unpaired) electrons. The normalized spacial score (nSPS) is 21.3. The monoisotopic (exact) mass is 504 g/mol. The standard InChI is InChI=1S/C31H40N2O4/c1-23(26-13-9-6-10-14-26)33-20-17-27(28(33)29(34)36-22-25-11-7-5-8-12-25)21-24-15-18-32(19-16-24)30(35)37-31(2,3)4/h5-15,23,27-28H,16-22H2,1-4H3/t23-,27-,28-/m0/s1. The van der Waals surface area contributed by atoms with E-state index in [1.54, 1.807) is 4.90 Å². The van der Waals surface area contributed by atoms with E-state index in [2.05, 4.69) is 30.0 Å². The maximum Gasteiger partial charge on any atom is 0.410 e. The lowest BCUT2D eigenvalue weighted by molar-refractivity contribution is -0.152. The summed E-state index contributed by atoms with van der Waals surface area (Å²) in [5.74, 6) is 0.0229. The molecule has 0 bridgehead atoms. The van der Waals surface area contributed by atoms with E-state index in [0.717, 1.165) is 31.4 Å². The van der Waals surface area contributed by atoms with Gasteiger partial charge < -0.3 is 14.4 Å². The van der Waals surface area contributed by atoms with Crippen molar-refractivity contribution < 1.29 is 19.1 Å². The molecule has 6 heteroatoms. The lowest BCUT2D eigenvalue weighted by atomic mass is 9.89. The number of carbonyl (C=O) groups is 2. The molecule has 0 aromatic heterocycles. The van der Waals surface area contributed by atoms with Gasteiger partial charge in [-0.1, -0.05) is 72.3 Å². The molecule has 4 rings (SSSR count). The Morgan fingerprint density at radius 1 is 1.00 bits per heavy atom. The van der Waals surface area contributed by atoms with Crippen molar-refractivity contribution in [1.29, 1.82) is 0 Å². The van der Waals surface area contributed by atoms with Crippen molar-refractivity contribution in [1.82, 2.24) is 9.80 Å². The number of ether oxygens (including phenoxy) is 2. The van der Waals surface area contributed by atoms with Crippen LogP contribution in [-0.2, 0) is 20.9 Å². The summed E-state index contributed by atoms with van der Waals surface area (Å²) < 4.78 is 11.4. The van der Waals surface area contributed by atoms with Crippen LogP contribution in [0.4, 0.5) is 4.79 Å². The number of amides is 1. The molecular weight excluding hydrogens is 464 g/mol. The number of hydrogen-bond donors (Lipinski definition) is 0. The highest BCUT2D eigenvalue weighted by Gasteiger charge is 2.43. The van der Waals surface area contributed by atoms with Crippen LogP contribution in [0.3, 0.4) is 0 Å². The first kappa shape index (κ1) is 26.9. The fraction of sp³-hybridized carbons (Fsp3) is 0.484. The average Bonchev–Trinajstić information content (AvgIpc) is 3.31. The smallest absolute Gasteiger partial charge is 0.410 e. The highest BCUT2D eigenvalue weighted by molar-refractivity contribution is 5.77. The molecule has 6 nitrogen and oxygen atoms in total. The van der Waals surface area contributed by atoms with E-state index in [9.17, 15) is 9.59 Å². The van der Waals surface area contributed by atoms with Crippen LogP contribution in [0, 0.1) is 5.92 Å². The van der Waals surface area contributed by atoms with Gasteiger partial charge in [0.25, 0.3) is 0 Å². The second kappa shape index (κ2) is 12.0. The summed E-state index contributed by atoms with van der Waals surface area (Å²) in [6.45, 7) is 10.1. The van der Waals surface area contributed by atoms with Crippen molar-refractivity contribution in [2.45, 2.75) is 71.2 Å². The number of carbonyl (C=O) groups excluding carboxylic acids is 2. The first-order chi connectivity index (χ1) is 17.7. The molecule has 0 spiro atoms. The summed E-state index contributed by atoms with van der Waals surface area (Å²) in [6, 6.07) is 20.0. The largest absolute Gasteiger partial charge is 0.460 e. The summed E-state index contributed by atoms with van der Waals surface area (Å²) in [7, 11) is 0. The number of hydrogen-bond acceptors (Lipinski definition) is 5. The second-order valence-electron chi connectivity index (χ2n) is 11.2. The molecule has 1 amide bonds. The predicted molar refractivity (Wildman–Crippen MR) is 145 cm³/mol. The molecule has 1 saturated heterocycles. The second-order valence-corrected chi connectivity index (χ2v) is 11.2. The van der Waals surface area contributed by atoms with Crippen molar-refractivity contribution in [2.24, 2.45) is 5.92 Å². The van der Waals surface area contributed by atoms with E-state index < -0.39 is 5.60 Å². The molecule has 1 fully saturated rings. The third-order valence-electron chi connectivity index (χ3n) is 7.29. The highest BCUT2D eigenvalue weighted by atomic mass is 16.6. The first-order valence-corrected chi connectivity index (χ1v) is 13.4. The van der Waals surface area contributed by atoms with Gasteiger partial charge in [0, 0.05) is 19.1 Å². The van der Waals surface area contributed by atoms with Gasteiger partial charge in [0.2, 0.25) is 0 Å². The van der Waals surface area contributed by atoms with Crippen molar-refractivity contribution in [3.8, 4) is 0 Å². The average molecular weight is 505 g/mol. The summed E-state index contributed by atoms with van der Waals surface area (Å²) >= 11 is 0. The fourth-order valence-electron chi connectivity index (χ4n) is 5.32. The van der Waals surface area contributed by atoms with E-state index in [4.69, 9.17) is 9.47 Å². The lowest BCUT2D eigenvalue weighted by Crippen LogP contribution is -2.42. The van der Waals surface area contributed by atoms with Gasteiger partial charge in [0.15, 0.2) is 0 Å². The fourth-order valence-corrected chi connectivity index (χ4v) is 5.32. The molecule has 2 aliphatic rings. The van der Waals surface area contributed by atoms with Crippen molar-refractivity contribution in [2.75, 3.05) is 19.6 Å². The Labute approximate surface area is 221 Å². The Balaban J connectivity index is 1.45. The van der Waals surface area contributed by atoms with Crippen LogP contribution in [0.15, 0.2) is 72.3 Å². The van der Waals surface area contributed by atoms with Crippen LogP contribution in [-0.4, -0.2) is 53.1 Å². The summed E-state index contributed by atoms with van der Waals surface area (Å²) in [5.41, 5.74) is 3.00. The zero-order chi connectivity index (χ0) is 26.4. The zero-order valence-corrected chi connectivity index (χ0v) is 22.6. The van der Waals surface area contributed by atoms with Gasteiger partial charge in [0.05, 0.1) is 0 Å². The Hall–Kier alpha value is -3.12. The van der Waals surface area contributed by atoms with E-state index in [0.29, 0.717) is 13.1 Å². The molecule has 0 saturated carbocycles. The maximum absolute atomic E-state index is 13.5. The van der Waals surface area contributed by atoms with Crippen molar-refractivity contribution in [3.63, 3.8) is 0 Å². The first-order valence-electron chi connectivity index (χ1n) is 13.4. The van der Waals surface area contributed by atoms with Crippen LogP contribution in [0.25, 0.3) is 0 Å². The Kier molecular flexibility index (Phi) is 8.70. The SMILES string of the molecule is C[C@@H](c1ccccc1)N1CC[C@@H](CC2=CCN(C(=O)OC(C)(C)C)CC2)[C@H]1C(=O)OCc1ccccc1. The van der Waals surface area contributed by atoms with Gasteiger partial charge in [0.1, 0.15) is 18.2 Å². The Bertz CT molecular complexity index is 1080. The summed E-state index contributed by atoms with van der Waals surface area (Å²) in [6.07, 6.45) is 4.45. The Morgan fingerprint density at radius 2 is 1.68 bits per heavy atom. The van der Waals surface area contributed by atoms with Crippen LogP contribution >= 0.6 is 0 Å². The zero-order valence-electron chi connectivity index (χ0n) is 22.6. The number of esters is 1. The number of rotatable bonds is 7. The van der Waals surface area contributed by atoms with Crippen LogP contribution in [0.1, 0.15) is 64.1 Å². The summed E-state index contributed by atoms with van der Waals surface area (Å²) in [4.78, 5) is 30.1. The molecule has 0 unspecified atom stereocenters. The van der Waals surface area contributed by atoms with Gasteiger partial charge in [-0.3, -0.25) is 9.69 Å². The molecule has 0 aliphatic carbocycles. The van der Waals surface area contributed by atoms with Gasteiger partial charge in [-0.2, -0.15) is 0 Å². The van der Waals surface area contributed by atoms with Crippen molar-refractivity contribution in [3.05, 3.63) is 83.4 Å². The number of benzene rings is 2. The third-order valence-corrected chi connectivity index (χ3v) is 7.29. The molecule has 2 aromatic rings. The molecule has 0 N–H and O–H groups in total. The molecule has 2 aliphatic heterocycles. The maximum atomic E-state index is 13.5. The van der Waals surface area contributed by atoms with Crippen molar-refractivity contribution >= 4 is 12.1 Å². The summed E-state index contributed by atoms with van der Waals surface area (Å²) in [5, 5.41) is 0. The van der Waals surface area contributed by atoms with Crippen LogP contribution < -0.4 is 0 Å². The minimum Gasteiger partial charge on any atom is -0.460 e. The van der Waals surface area contributed by atoms with Crippen LogP contribution in [0.5, 0.6) is 0 Å². The van der Waals surface area contributed by atoms with Crippen LogP contribution in [0.2, 0.25) is 0 Å². The molecule has 198 valence electrons. The molecule has 3 atom stereocenters. The third kappa shape index (κ3) is 7.22. The van der Waals surface area contributed by atoms with Gasteiger partial charge >= 0.3 is 12.1 Å². The van der Waals surface area contributed by atoms with E-state index in [1.165, 1.54) is 11.1 Å².